The first-order valence-electron chi connectivity index (χ1n) is 6.93. The topological polar surface area (TPSA) is 82.3 Å². The molecule has 0 aliphatic carbocycles. The molecule has 0 saturated carbocycles. The average Bonchev–Trinajstić information content (AvgIpc) is 2.49. The minimum atomic E-state index is -3.54. The van der Waals surface area contributed by atoms with Gasteiger partial charge in [-0.2, -0.15) is 0 Å². The number of aromatic amines is 1. The third kappa shape index (κ3) is 4.65. The van der Waals surface area contributed by atoms with Crippen LogP contribution < -0.4 is 10.3 Å². The molecule has 0 bridgehead atoms. The molecule has 124 valence electrons. The summed E-state index contributed by atoms with van der Waals surface area (Å²) >= 11 is 5.69. The number of hydrogen-bond donors (Lipinski definition) is 2. The van der Waals surface area contributed by atoms with Gasteiger partial charge in [0.05, 0.1) is 4.90 Å². The van der Waals surface area contributed by atoms with E-state index in [4.69, 9.17) is 11.6 Å². The number of H-pyrrole nitrogens is 1. The van der Waals surface area contributed by atoms with Gasteiger partial charge in [-0.05, 0) is 43.9 Å². The summed E-state index contributed by atoms with van der Waals surface area (Å²) in [7, 11) is 0.203. The molecule has 6 nitrogen and oxygen atoms in total. The van der Waals surface area contributed by atoms with Crippen molar-refractivity contribution in [3.63, 3.8) is 0 Å². The molecule has 1 heterocycles. The third-order valence-electron chi connectivity index (χ3n) is 3.19. The summed E-state index contributed by atoms with van der Waals surface area (Å²) in [6, 6.07) is 9.45. The number of halogens is 1. The van der Waals surface area contributed by atoms with Crippen molar-refractivity contribution in [2.45, 2.75) is 4.90 Å². The van der Waals surface area contributed by atoms with E-state index in [1.54, 1.807) is 18.2 Å². The standard InChI is InChI=1S/C15H18ClN3O3S/c1-19(2)10-9-17-23(21,22)12-5-3-11(4-6-12)14-8-7-13(16)15(20)18-14/h3-8,17H,9-10H2,1-2H3,(H,18,20). The van der Waals surface area contributed by atoms with Crippen molar-refractivity contribution in [2.24, 2.45) is 0 Å². The van der Waals surface area contributed by atoms with E-state index in [9.17, 15) is 13.2 Å². The van der Waals surface area contributed by atoms with Crippen LogP contribution in [0.3, 0.4) is 0 Å². The molecule has 2 rings (SSSR count). The van der Waals surface area contributed by atoms with E-state index in [0.717, 1.165) is 0 Å². The molecular weight excluding hydrogens is 338 g/mol. The zero-order valence-electron chi connectivity index (χ0n) is 12.8. The number of sulfonamides is 1. The second-order valence-electron chi connectivity index (χ2n) is 5.27. The number of nitrogens with one attached hydrogen (secondary N) is 2. The number of nitrogens with zero attached hydrogens (tertiary/aromatic N) is 1. The summed E-state index contributed by atoms with van der Waals surface area (Å²) in [5.41, 5.74) is 0.890. The molecule has 23 heavy (non-hydrogen) atoms. The normalized spacial score (nSPS) is 11.8. The first-order valence-corrected chi connectivity index (χ1v) is 8.79. The Morgan fingerprint density at radius 2 is 1.78 bits per heavy atom. The molecule has 8 heteroatoms. The predicted octanol–water partition coefficient (Wildman–Crippen LogP) is 1.54. The van der Waals surface area contributed by atoms with Crippen LogP contribution in [0.15, 0.2) is 46.1 Å². The molecule has 0 aliphatic rings. The first kappa shape index (κ1) is 17.7. The summed E-state index contributed by atoms with van der Waals surface area (Å²) in [6.07, 6.45) is 0. The van der Waals surface area contributed by atoms with Gasteiger partial charge in [0.1, 0.15) is 5.02 Å². The molecule has 0 atom stereocenters. The molecule has 2 N–H and O–H groups in total. The van der Waals surface area contributed by atoms with Gasteiger partial charge in [0.15, 0.2) is 0 Å². The van der Waals surface area contributed by atoms with Crippen LogP contribution in [0, 0.1) is 0 Å². The SMILES string of the molecule is CN(C)CCNS(=O)(=O)c1ccc(-c2ccc(Cl)c(=O)[nH]2)cc1. The Kier molecular flexibility index (Phi) is 5.59. The van der Waals surface area contributed by atoms with E-state index in [0.29, 0.717) is 24.3 Å². The lowest BCUT2D eigenvalue weighted by Crippen LogP contribution is -2.31. The van der Waals surface area contributed by atoms with E-state index < -0.39 is 10.0 Å². The Morgan fingerprint density at radius 3 is 2.35 bits per heavy atom. The highest BCUT2D eigenvalue weighted by Gasteiger charge is 2.13. The Labute approximate surface area is 140 Å². The fraction of sp³-hybridized carbons (Fsp3) is 0.267. The Morgan fingerprint density at radius 1 is 1.13 bits per heavy atom. The second-order valence-corrected chi connectivity index (χ2v) is 7.45. The van der Waals surface area contributed by atoms with E-state index in [1.807, 2.05) is 19.0 Å². The van der Waals surface area contributed by atoms with Gasteiger partial charge < -0.3 is 9.88 Å². The highest BCUT2D eigenvalue weighted by molar-refractivity contribution is 7.89. The molecule has 1 aromatic heterocycles. The molecule has 0 saturated heterocycles. The van der Waals surface area contributed by atoms with Crippen molar-refractivity contribution in [1.29, 1.82) is 0 Å². The number of likely N-dealkylation sites (N-methyl/N-ethyl adjacent to an activating group) is 1. The average molecular weight is 356 g/mol. The van der Waals surface area contributed by atoms with Crippen molar-refractivity contribution >= 4 is 21.6 Å². The van der Waals surface area contributed by atoms with Crippen LogP contribution in [0.1, 0.15) is 0 Å². The smallest absolute Gasteiger partial charge is 0.267 e. The number of rotatable bonds is 6. The van der Waals surface area contributed by atoms with Crippen molar-refractivity contribution < 1.29 is 8.42 Å². The van der Waals surface area contributed by atoms with Crippen LogP contribution in [0.4, 0.5) is 0 Å². The molecule has 2 aromatic rings. The maximum atomic E-state index is 12.2. The highest BCUT2D eigenvalue weighted by atomic mass is 35.5. The van der Waals surface area contributed by atoms with Crippen molar-refractivity contribution in [1.82, 2.24) is 14.6 Å². The molecule has 0 amide bonds. The third-order valence-corrected chi connectivity index (χ3v) is 4.96. The highest BCUT2D eigenvalue weighted by Crippen LogP contribution is 2.19. The van der Waals surface area contributed by atoms with Crippen molar-refractivity contribution in [2.75, 3.05) is 27.2 Å². The lowest BCUT2D eigenvalue weighted by molar-refractivity contribution is 0.412. The number of pyridine rings is 1. The van der Waals surface area contributed by atoms with Gasteiger partial charge in [-0.15, -0.1) is 0 Å². The minimum absolute atomic E-state index is 0.109. The van der Waals surface area contributed by atoms with E-state index in [1.165, 1.54) is 18.2 Å². The predicted molar refractivity (Wildman–Crippen MR) is 91.3 cm³/mol. The van der Waals surface area contributed by atoms with Crippen LogP contribution in [-0.2, 0) is 10.0 Å². The van der Waals surface area contributed by atoms with Crippen LogP contribution in [0.5, 0.6) is 0 Å². The van der Waals surface area contributed by atoms with Crippen LogP contribution in [0.2, 0.25) is 5.02 Å². The van der Waals surface area contributed by atoms with E-state index in [2.05, 4.69) is 9.71 Å². The maximum Gasteiger partial charge on any atom is 0.267 e. The summed E-state index contributed by atoms with van der Waals surface area (Å²) in [4.78, 5) is 16.2. The van der Waals surface area contributed by atoms with Gasteiger partial charge in [-0.25, -0.2) is 13.1 Å². The first-order chi connectivity index (χ1) is 10.8. The Bertz CT molecular complexity index is 830. The molecule has 0 aliphatic heterocycles. The van der Waals surface area contributed by atoms with Crippen LogP contribution in [-0.4, -0.2) is 45.5 Å². The summed E-state index contributed by atoms with van der Waals surface area (Å²) in [6.45, 7) is 0.949. The fourth-order valence-corrected chi connectivity index (χ4v) is 3.06. The molecule has 0 spiro atoms. The summed E-state index contributed by atoms with van der Waals surface area (Å²) < 4.78 is 26.8. The van der Waals surface area contributed by atoms with Crippen LogP contribution in [0.25, 0.3) is 11.3 Å². The van der Waals surface area contributed by atoms with Gasteiger partial charge >= 0.3 is 0 Å². The summed E-state index contributed by atoms with van der Waals surface area (Å²) in [5, 5.41) is 0.109. The molecule has 0 radical (unpaired) electrons. The monoisotopic (exact) mass is 355 g/mol. The quantitative estimate of drug-likeness (QED) is 0.823. The Hall–Kier alpha value is -1.67. The number of aromatic nitrogens is 1. The lowest BCUT2D eigenvalue weighted by atomic mass is 10.1. The van der Waals surface area contributed by atoms with Crippen molar-refractivity contribution in [3.8, 4) is 11.3 Å². The molecule has 1 aromatic carbocycles. The van der Waals surface area contributed by atoms with E-state index in [-0.39, 0.29) is 15.5 Å². The molecule has 0 fully saturated rings. The molecule has 0 unspecified atom stereocenters. The molecular formula is C15H18ClN3O3S. The van der Waals surface area contributed by atoms with Gasteiger partial charge in [-0.3, -0.25) is 4.79 Å². The zero-order valence-corrected chi connectivity index (χ0v) is 14.4. The van der Waals surface area contributed by atoms with Gasteiger partial charge in [-0.1, -0.05) is 23.7 Å². The van der Waals surface area contributed by atoms with Gasteiger partial charge in [0.25, 0.3) is 5.56 Å². The van der Waals surface area contributed by atoms with Gasteiger partial charge in [0, 0.05) is 18.8 Å². The zero-order chi connectivity index (χ0) is 17.0. The largest absolute Gasteiger partial charge is 0.321 e. The minimum Gasteiger partial charge on any atom is -0.321 e. The Balaban J connectivity index is 2.18. The second kappa shape index (κ2) is 7.27. The number of benzene rings is 1. The van der Waals surface area contributed by atoms with E-state index >= 15 is 0 Å². The van der Waals surface area contributed by atoms with Gasteiger partial charge in [0.2, 0.25) is 10.0 Å². The summed E-state index contributed by atoms with van der Waals surface area (Å²) in [5.74, 6) is 0. The lowest BCUT2D eigenvalue weighted by Gasteiger charge is -2.11. The fourth-order valence-electron chi connectivity index (χ4n) is 1.92. The number of hydrogen-bond acceptors (Lipinski definition) is 4. The maximum absolute atomic E-state index is 12.2. The van der Waals surface area contributed by atoms with Crippen LogP contribution >= 0.6 is 11.6 Å². The van der Waals surface area contributed by atoms with Crippen molar-refractivity contribution in [3.05, 3.63) is 51.8 Å².